The van der Waals surface area contributed by atoms with E-state index in [0.717, 1.165) is 4.90 Å². The fourth-order valence-corrected chi connectivity index (χ4v) is 2.91. The van der Waals surface area contributed by atoms with E-state index in [-0.39, 0.29) is 11.3 Å². The molecule has 0 aliphatic heterocycles. The van der Waals surface area contributed by atoms with Crippen molar-refractivity contribution < 1.29 is 29.0 Å². The number of carbonyl (C=O) groups is 4. The van der Waals surface area contributed by atoms with E-state index in [0.29, 0.717) is 0 Å². The van der Waals surface area contributed by atoms with Gasteiger partial charge in [-0.25, -0.2) is 4.79 Å². The van der Waals surface area contributed by atoms with E-state index in [1.54, 1.807) is 53.7 Å². The van der Waals surface area contributed by atoms with Crippen molar-refractivity contribution in [1.29, 1.82) is 0 Å². The Kier molecular flexibility index (Phi) is 8.64. The maximum Gasteiger partial charge on any atom is 0.408 e. The number of likely N-dealkylation sites (N-methyl/N-ethyl adjacent to an activating group) is 1. The molecule has 10 heteroatoms. The Hall–Kier alpha value is -3.30. The highest BCUT2D eigenvalue weighted by atomic mass is 16.6. The number of rotatable bonds is 7. The third kappa shape index (κ3) is 8.44. The van der Waals surface area contributed by atoms with Crippen molar-refractivity contribution in [2.24, 2.45) is 5.73 Å². The summed E-state index contributed by atoms with van der Waals surface area (Å²) in [5.74, 6) is -2.32. The van der Waals surface area contributed by atoms with Crippen LogP contribution in [0.4, 0.5) is 4.79 Å². The number of phenols is 1. The minimum Gasteiger partial charge on any atom is -0.508 e. The second-order valence-corrected chi connectivity index (χ2v) is 9.52. The molecule has 10 nitrogen and oxygen atoms in total. The van der Waals surface area contributed by atoms with E-state index >= 15 is 0 Å². The highest BCUT2D eigenvalue weighted by molar-refractivity contribution is 5.94. The van der Waals surface area contributed by atoms with E-state index < -0.39 is 53.5 Å². The molecule has 1 rings (SSSR count). The molecular weight excluding hydrogens is 416 g/mol. The Bertz CT molecular complexity index is 857. The largest absolute Gasteiger partial charge is 0.508 e. The lowest BCUT2D eigenvalue weighted by molar-refractivity contribution is -0.142. The Morgan fingerprint density at radius 3 is 2.12 bits per heavy atom. The maximum atomic E-state index is 13.3. The summed E-state index contributed by atoms with van der Waals surface area (Å²) in [6.45, 7) is 10.3. The van der Waals surface area contributed by atoms with Gasteiger partial charge < -0.3 is 31.1 Å². The molecule has 0 radical (unpaired) electrons. The van der Waals surface area contributed by atoms with Crippen LogP contribution in [0.2, 0.25) is 0 Å². The third-order valence-electron chi connectivity index (χ3n) is 4.11. The van der Waals surface area contributed by atoms with Crippen molar-refractivity contribution in [2.75, 3.05) is 7.05 Å². The highest BCUT2D eigenvalue weighted by Gasteiger charge is 2.36. The number of para-hydroxylation sites is 1. The first-order valence-electron chi connectivity index (χ1n) is 10.2. The average Bonchev–Trinajstić information content (AvgIpc) is 2.58. The quantitative estimate of drug-likeness (QED) is 0.495. The lowest BCUT2D eigenvalue weighted by Gasteiger charge is -2.33. The van der Waals surface area contributed by atoms with E-state index in [1.165, 1.54) is 19.2 Å². The topological polar surface area (TPSA) is 151 Å². The summed E-state index contributed by atoms with van der Waals surface area (Å²) in [5.41, 5.74) is 4.00. The summed E-state index contributed by atoms with van der Waals surface area (Å²) >= 11 is 0. The van der Waals surface area contributed by atoms with Gasteiger partial charge in [-0.2, -0.15) is 0 Å². The standard InChI is InChI=1S/C22H34N4O6/c1-21(2,3)25-18(29)17(13-10-8-9-11-15(13)27)26(7)19(30)14(12-16(23)28)24-20(31)32-22(4,5)6/h8-11,14,17,27H,12H2,1-7H3,(H2,23,28)(H,24,31)(H,25,29). The summed E-state index contributed by atoms with van der Waals surface area (Å²) in [6.07, 6.45) is -1.42. The number of amides is 4. The van der Waals surface area contributed by atoms with Crippen LogP contribution in [0, 0.1) is 0 Å². The van der Waals surface area contributed by atoms with Crippen LogP contribution in [0.5, 0.6) is 5.75 Å². The van der Waals surface area contributed by atoms with Gasteiger partial charge in [0.05, 0.1) is 6.42 Å². The molecule has 0 spiro atoms. The van der Waals surface area contributed by atoms with Gasteiger partial charge in [-0.05, 0) is 47.6 Å². The predicted octanol–water partition coefficient (Wildman–Crippen LogP) is 1.58. The molecule has 0 aliphatic rings. The molecule has 178 valence electrons. The number of nitrogens with two attached hydrogens (primary N) is 1. The second kappa shape index (κ2) is 10.3. The second-order valence-electron chi connectivity index (χ2n) is 9.52. The Morgan fingerprint density at radius 2 is 1.66 bits per heavy atom. The molecular formula is C22H34N4O6. The van der Waals surface area contributed by atoms with Crippen molar-refractivity contribution in [3.8, 4) is 5.75 Å². The van der Waals surface area contributed by atoms with Gasteiger partial charge in [0.25, 0.3) is 0 Å². The minimum absolute atomic E-state index is 0.181. The molecule has 0 saturated heterocycles. The van der Waals surface area contributed by atoms with E-state index in [4.69, 9.17) is 10.5 Å². The van der Waals surface area contributed by atoms with Crippen LogP contribution in [-0.2, 0) is 19.1 Å². The fourth-order valence-electron chi connectivity index (χ4n) is 2.91. The smallest absolute Gasteiger partial charge is 0.408 e. The zero-order valence-corrected chi connectivity index (χ0v) is 19.7. The van der Waals surface area contributed by atoms with Gasteiger partial charge in [-0.15, -0.1) is 0 Å². The summed E-state index contributed by atoms with van der Waals surface area (Å²) in [4.78, 5) is 51.2. The molecule has 0 saturated carbocycles. The lowest BCUT2D eigenvalue weighted by Crippen LogP contribution is -2.54. The molecule has 2 atom stereocenters. The van der Waals surface area contributed by atoms with Crippen LogP contribution in [0.1, 0.15) is 59.6 Å². The molecule has 0 fully saturated rings. The number of aromatic hydroxyl groups is 1. The normalized spacial score (nSPS) is 13.5. The van der Waals surface area contributed by atoms with Gasteiger partial charge in [0, 0.05) is 18.2 Å². The number of nitrogens with zero attached hydrogens (tertiary/aromatic N) is 1. The number of alkyl carbamates (subject to hydrolysis) is 1. The maximum absolute atomic E-state index is 13.3. The number of benzene rings is 1. The zero-order valence-electron chi connectivity index (χ0n) is 19.7. The van der Waals surface area contributed by atoms with Gasteiger partial charge in [-0.1, -0.05) is 18.2 Å². The fraction of sp³-hybridized carbons (Fsp3) is 0.545. The van der Waals surface area contributed by atoms with Crippen LogP contribution < -0.4 is 16.4 Å². The summed E-state index contributed by atoms with van der Waals surface area (Å²) < 4.78 is 5.17. The minimum atomic E-state index is -1.37. The molecule has 0 aliphatic carbocycles. The third-order valence-corrected chi connectivity index (χ3v) is 4.11. The number of nitrogens with one attached hydrogen (secondary N) is 2. The van der Waals surface area contributed by atoms with Crippen LogP contribution >= 0.6 is 0 Å². The molecule has 5 N–H and O–H groups in total. The molecule has 2 unspecified atom stereocenters. The average molecular weight is 451 g/mol. The van der Waals surface area contributed by atoms with E-state index in [2.05, 4.69) is 10.6 Å². The van der Waals surface area contributed by atoms with E-state index in [1.807, 2.05) is 0 Å². The molecule has 0 aromatic heterocycles. The molecule has 0 heterocycles. The Morgan fingerprint density at radius 1 is 1.09 bits per heavy atom. The first-order chi connectivity index (χ1) is 14.5. The van der Waals surface area contributed by atoms with Crippen molar-refractivity contribution >= 4 is 23.8 Å². The van der Waals surface area contributed by atoms with Gasteiger partial charge in [0.1, 0.15) is 23.4 Å². The first-order valence-corrected chi connectivity index (χ1v) is 10.2. The number of hydrogen-bond acceptors (Lipinski definition) is 6. The number of hydrogen-bond donors (Lipinski definition) is 4. The number of carbonyl (C=O) groups excluding carboxylic acids is 4. The highest BCUT2D eigenvalue weighted by Crippen LogP contribution is 2.29. The van der Waals surface area contributed by atoms with Crippen LogP contribution in [0.3, 0.4) is 0 Å². The van der Waals surface area contributed by atoms with Gasteiger partial charge in [0.2, 0.25) is 17.7 Å². The molecule has 0 bridgehead atoms. The summed E-state index contributed by atoms with van der Waals surface area (Å²) in [6, 6.07) is 3.49. The molecule has 1 aromatic rings. The van der Waals surface area contributed by atoms with Crippen molar-refractivity contribution in [1.82, 2.24) is 15.5 Å². The Labute approximate surface area is 188 Å². The summed E-state index contributed by atoms with van der Waals surface area (Å²) in [7, 11) is 1.34. The van der Waals surface area contributed by atoms with Crippen LogP contribution in [0.25, 0.3) is 0 Å². The zero-order chi connectivity index (χ0) is 24.9. The van der Waals surface area contributed by atoms with Gasteiger partial charge in [0.15, 0.2) is 0 Å². The number of ether oxygens (including phenoxy) is 1. The van der Waals surface area contributed by atoms with Crippen molar-refractivity contribution in [3.05, 3.63) is 29.8 Å². The predicted molar refractivity (Wildman–Crippen MR) is 118 cm³/mol. The van der Waals surface area contributed by atoms with Gasteiger partial charge in [-0.3, -0.25) is 14.4 Å². The van der Waals surface area contributed by atoms with Crippen molar-refractivity contribution in [3.63, 3.8) is 0 Å². The molecule has 4 amide bonds. The SMILES string of the molecule is CN(C(=O)C(CC(N)=O)NC(=O)OC(C)(C)C)C(C(=O)NC(C)(C)C)c1ccccc1O. The number of phenolic OH excluding ortho intramolecular Hbond substituents is 1. The van der Waals surface area contributed by atoms with Crippen LogP contribution in [0.15, 0.2) is 24.3 Å². The lowest BCUT2D eigenvalue weighted by atomic mass is 10.00. The molecule has 1 aromatic carbocycles. The van der Waals surface area contributed by atoms with E-state index in [9.17, 15) is 24.3 Å². The van der Waals surface area contributed by atoms with Crippen molar-refractivity contribution in [2.45, 2.75) is 71.2 Å². The number of primary amides is 1. The Balaban J connectivity index is 3.31. The first kappa shape index (κ1) is 26.7. The summed E-state index contributed by atoms with van der Waals surface area (Å²) in [5, 5.41) is 15.5. The molecule has 32 heavy (non-hydrogen) atoms. The van der Waals surface area contributed by atoms with Crippen LogP contribution in [-0.4, -0.2) is 58.1 Å². The monoisotopic (exact) mass is 450 g/mol. The van der Waals surface area contributed by atoms with Gasteiger partial charge >= 0.3 is 6.09 Å².